The van der Waals surface area contributed by atoms with E-state index in [-0.39, 0.29) is 19.1 Å². The van der Waals surface area contributed by atoms with Crippen molar-refractivity contribution in [3.8, 4) is 11.1 Å². The van der Waals surface area contributed by atoms with Gasteiger partial charge in [-0.15, -0.1) is 0 Å². The van der Waals surface area contributed by atoms with Crippen LogP contribution < -0.4 is 5.32 Å². The van der Waals surface area contributed by atoms with Crippen molar-refractivity contribution < 1.29 is 19.4 Å². The first-order chi connectivity index (χ1) is 15.1. The first-order valence-electron chi connectivity index (χ1n) is 10.4. The average Bonchev–Trinajstić information content (AvgIpc) is 3.34. The first kappa shape index (κ1) is 20.7. The molecule has 0 aliphatic heterocycles. The van der Waals surface area contributed by atoms with Gasteiger partial charge in [-0.25, -0.2) is 9.59 Å². The molecule has 0 spiro atoms. The highest BCUT2D eigenvalue weighted by Crippen LogP contribution is 2.44. The number of carboxylic acids is 1. The topological polar surface area (TPSA) is 93.5 Å². The number of aromatic nitrogens is 2. The summed E-state index contributed by atoms with van der Waals surface area (Å²) in [5.74, 6) is -1.22. The second kappa shape index (κ2) is 9.04. The quantitative estimate of drug-likeness (QED) is 0.579. The molecule has 1 aromatic heterocycles. The van der Waals surface area contributed by atoms with Crippen LogP contribution in [0.25, 0.3) is 11.1 Å². The predicted molar refractivity (Wildman–Crippen MR) is 116 cm³/mol. The second-order valence-corrected chi connectivity index (χ2v) is 7.68. The highest BCUT2D eigenvalue weighted by Gasteiger charge is 2.29. The zero-order valence-electron chi connectivity index (χ0n) is 17.3. The van der Waals surface area contributed by atoms with Crippen molar-refractivity contribution in [2.24, 2.45) is 0 Å². The lowest BCUT2D eigenvalue weighted by Gasteiger charge is -2.17. The van der Waals surface area contributed by atoms with Crippen molar-refractivity contribution in [3.63, 3.8) is 0 Å². The molecular weight excluding hydrogens is 394 g/mol. The lowest BCUT2D eigenvalue weighted by atomic mass is 9.98. The molecule has 2 aromatic carbocycles. The van der Waals surface area contributed by atoms with Gasteiger partial charge in [-0.05, 0) is 34.2 Å². The molecule has 3 aromatic rings. The number of aliphatic carboxylic acids is 1. The van der Waals surface area contributed by atoms with E-state index in [0.29, 0.717) is 0 Å². The molecule has 0 bridgehead atoms. The lowest BCUT2D eigenvalue weighted by molar-refractivity contribution is -0.139. The van der Waals surface area contributed by atoms with Crippen molar-refractivity contribution in [2.75, 3.05) is 6.61 Å². The zero-order valence-corrected chi connectivity index (χ0v) is 17.3. The van der Waals surface area contributed by atoms with E-state index in [9.17, 15) is 14.7 Å². The lowest BCUT2D eigenvalue weighted by Crippen LogP contribution is -2.44. The van der Waals surface area contributed by atoms with E-state index in [0.717, 1.165) is 40.7 Å². The van der Waals surface area contributed by atoms with E-state index in [1.54, 1.807) is 12.4 Å². The summed E-state index contributed by atoms with van der Waals surface area (Å²) in [6, 6.07) is 15.0. The average molecular weight is 419 g/mol. The Balaban J connectivity index is 1.40. The van der Waals surface area contributed by atoms with Crippen molar-refractivity contribution >= 4 is 12.1 Å². The Labute approximate surface area is 180 Å². The number of amides is 1. The number of carbonyl (C=O) groups is 2. The summed E-state index contributed by atoms with van der Waals surface area (Å²) < 4.78 is 6.99. The van der Waals surface area contributed by atoms with Crippen molar-refractivity contribution in [1.29, 1.82) is 0 Å². The van der Waals surface area contributed by atoms with Gasteiger partial charge in [-0.3, -0.25) is 4.68 Å². The van der Waals surface area contributed by atoms with E-state index in [4.69, 9.17) is 4.74 Å². The fourth-order valence-corrected chi connectivity index (χ4v) is 4.08. The number of carboxylic acid groups (broad SMARTS) is 1. The Hall–Kier alpha value is -3.61. The number of carbonyl (C=O) groups excluding carboxylic acids is 1. The highest BCUT2D eigenvalue weighted by molar-refractivity contribution is 5.81. The molecule has 2 N–H and O–H groups in total. The van der Waals surface area contributed by atoms with Crippen LogP contribution in [0.15, 0.2) is 60.9 Å². The van der Waals surface area contributed by atoms with Crippen LogP contribution in [0.1, 0.15) is 36.0 Å². The number of hydrogen-bond donors (Lipinski definition) is 2. The smallest absolute Gasteiger partial charge is 0.407 e. The van der Waals surface area contributed by atoms with Gasteiger partial charge in [0.05, 0.1) is 12.7 Å². The minimum absolute atomic E-state index is 0.0310. The molecule has 1 unspecified atom stereocenters. The normalized spacial score (nSPS) is 13.3. The number of ether oxygens (including phenoxy) is 1. The number of benzene rings is 2. The Morgan fingerprint density at radius 2 is 1.77 bits per heavy atom. The maximum Gasteiger partial charge on any atom is 0.407 e. The van der Waals surface area contributed by atoms with Gasteiger partial charge in [0.25, 0.3) is 0 Å². The Bertz CT molecular complexity index is 1050. The molecule has 1 amide bonds. The third-order valence-corrected chi connectivity index (χ3v) is 5.53. The molecule has 0 saturated heterocycles. The van der Waals surface area contributed by atoms with E-state index in [2.05, 4.69) is 29.5 Å². The molecule has 7 heteroatoms. The molecule has 4 rings (SSSR count). The van der Waals surface area contributed by atoms with Gasteiger partial charge in [0.2, 0.25) is 0 Å². The molecule has 0 saturated carbocycles. The molecule has 0 radical (unpaired) electrons. The van der Waals surface area contributed by atoms with Gasteiger partial charge in [-0.2, -0.15) is 5.10 Å². The summed E-state index contributed by atoms with van der Waals surface area (Å²) in [6.07, 6.45) is 4.62. The Morgan fingerprint density at radius 3 is 2.39 bits per heavy atom. The Morgan fingerprint density at radius 1 is 1.13 bits per heavy atom. The molecule has 0 fully saturated rings. The van der Waals surface area contributed by atoms with Crippen LogP contribution in [-0.2, 0) is 22.5 Å². The SMILES string of the molecule is CCCc1cnn(CC(NC(=O)OCC2c3ccccc3-c3ccccc32)C(=O)O)c1. The van der Waals surface area contributed by atoms with Crippen LogP contribution in [0.2, 0.25) is 0 Å². The molecule has 31 heavy (non-hydrogen) atoms. The number of nitrogens with zero attached hydrogens (tertiary/aromatic N) is 2. The zero-order chi connectivity index (χ0) is 21.8. The summed E-state index contributed by atoms with van der Waals surface area (Å²) in [7, 11) is 0. The van der Waals surface area contributed by atoms with Gasteiger partial charge >= 0.3 is 12.1 Å². The standard InChI is InChI=1S/C24H25N3O4/c1-2-7-16-12-25-27(13-16)14-22(23(28)29)26-24(30)31-15-21-19-10-5-3-8-17(19)18-9-4-6-11-20(18)21/h3-6,8-13,21-22H,2,7,14-15H2,1H3,(H,26,30)(H,28,29). The Kier molecular flexibility index (Phi) is 6.02. The van der Waals surface area contributed by atoms with E-state index in [1.165, 1.54) is 4.68 Å². The van der Waals surface area contributed by atoms with Crippen LogP contribution in [-0.4, -0.2) is 39.6 Å². The van der Waals surface area contributed by atoms with Gasteiger partial charge < -0.3 is 15.2 Å². The fraction of sp³-hybridized carbons (Fsp3) is 0.292. The summed E-state index contributed by atoms with van der Waals surface area (Å²) >= 11 is 0. The highest BCUT2D eigenvalue weighted by atomic mass is 16.5. The number of aryl methyl sites for hydroxylation is 1. The maximum absolute atomic E-state index is 12.4. The molecule has 160 valence electrons. The van der Waals surface area contributed by atoms with E-state index >= 15 is 0 Å². The molecule has 1 heterocycles. The van der Waals surface area contributed by atoms with Gasteiger partial charge in [0, 0.05) is 12.1 Å². The van der Waals surface area contributed by atoms with Crippen LogP contribution in [0.4, 0.5) is 4.79 Å². The van der Waals surface area contributed by atoms with Crippen molar-refractivity contribution in [2.45, 2.75) is 38.3 Å². The number of alkyl carbamates (subject to hydrolysis) is 1. The summed E-state index contributed by atoms with van der Waals surface area (Å²) in [5, 5.41) is 16.2. The number of hydrogen-bond acceptors (Lipinski definition) is 4. The van der Waals surface area contributed by atoms with Crippen LogP contribution in [0.3, 0.4) is 0 Å². The number of rotatable bonds is 8. The fourth-order valence-electron chi connectivity index (χ4n) is 4.08. The number of nitrogens with one attached hydrogen (secondary N) is 1. The molecule has 1 aliphatic rings. The van der Waals surface area contributed by atoms with Crippen molar-refractivity contribution in [3.05, 3.63) is 77.6 Å². The summed E-state index contributed by atoms with van der Waals surface area (Å²) in [4.78, 5) is 24.1. The third-order valence-electron chi connectivity index (χ3n) is 5.53. The van der Waals surface area contributed by atoms with E-state index in [1.807, 2.05) is 36.4 Å². The van der Waals surface area contributed by atoms with Gasteiger partial charge in [0.15, 0.2) is 0 Å². The minimum Gasteiger partial charge on any atom is -0.480 e. The van der Waals surface area contributed by atoms with Crippen molar-refractivity contribution in [1.82, 2.24) is 15.1 Å². The first-order valence-corrected chi connectivity index (χ1v) is 10.4. The summed E-state index contributed by atoms with van der Waals surface area (Å²) in [5.41, 5.74) is 5.51. The van der Waals surface area contributed by atoms with Gasteiger partial charge in [0.1, 0.15) is 12.6 Å². The van der Waals surface area contributed by atoms with Gasteiger partial charge in [-0.1, -0.05) is 61.9 Å². The second-order valence-electron chi connectivity index (χ2n) is 7.68. The summed E-state index contributed by atoms with van der Waals surface area (Å²) in [6.45, 7) is 2.23. The number of fused-ring (bicyclic) bond motifs is 3. The molecule has 1 atom stereocenters. The van der Waals surface area contributed by atoms with Crippen LogP contribution in [0, 0.1) is 0 Å². The minimum atomic E-state index is -1.14. The molecular formula is C24H25N3O4. The van der Waals surface area contributed by atoms with E-state index < -0.39 is 18.1 Å². The van der Waals surface area contributed by atoms with Crippen LogP contribution >= 0.6 is 0 Å². The predicted octanol–water partition coefficient (Wildman–Crippen LogP) is 3.83. The maximum atomic E-state index is 12.4. The molecule has 7 nitrogen and oxygen atoms in total. The third kappa shape index (κ3) is 4.45. The van der Waals surface area contributed by atoms with Crippen LogP contribution in [0.5, 0.6) is 0 Å². The largest absolute Gasteiger partial charge is 0.480 e. The monoisotopic (exact) mass is 419 g/mol. The molecule has 1 aliphatic carbocycles.